The van der Waals surface area contributed by atoms with E-state index in [9.17, 15) is 18.0 Å². The van der Waals surface area contributed by atoms with E-state index < -0.39 is 21.3 Å². The van der Waals surface area contributed by atoms with Crippen molar-refractivity contribution in [1.29, 1.82) is 0 Å². The van der Waals surface area contributed by atoms with Gasteiger partial charge in [0.05, 0.1) is 22.1 Å². The Morgan fingerprint density at radius 1 is 0.800 bits per heavy atom. The molecule has 0 aliphatic carbocycles. The molecule has 0 radical (unpaired) electrons. The maximum atomic E-state index is 13.7. The SMILES string of the molecule is O=c1c2ccccc2n(CC(Cn2ccnc2)c2ccccc2)c(=O)n1S(=O)(=O)c1ccccc1. The predicted octanol–water partition coefficient (Wildman–Crippen LogP) is 3.08. The Balaban J connectivity index is 1.73. The molecule has 0 aliphatic heterocycles. The van der Waals surface area contributed by atoms with Crippen LogP contribution in [0.4, 0.5) is 0 Å². The number of hydrogen-bond acceptors (Lipinski definition) is 5. The van der Waals surface area contributed by atoms with E-state index in [-0.39, 0.29) is 22.7 Å². The fourth-order valence-corrected chi connectivity index (χ4v) is 5.58. The van der Waals surface area contributed by atoms with Gasteiger partial charge in [-0.05, 0) is 29.8 Å². The maximum Gasteiger partial charge on any atom is 0.345 e. The third-order valence-electron chi connectivity index (χ3n) is 5.96. The number of rotatable bonds is 7. The number of benzene rings is 3. The molecule has 2 heterocycles. The molecule has 0 amide bonds. The van der Waals surface area contributed by atoms with Crippen molar-refractivity contribution in [3.05, 3.63) is 130 Å². The van der Waals surface area contributed by atoms with Crippen molar-refractivity contribution in [1.82, 2.24) is 18.1 Å². The number of imidazole rings is 1. The molecule has 8 nitrogen and oxygen atoms in total. The van der Waals surface area contributed by atoms with E-state index in [0.717, 1.165) is 5.56 Å². The van der Waals surface area contributed by atoms with Crippen molar-refractivity contribution in [2.24, 2.45) is 0 Å². The van der Waals surface area contributed by atoms with Crippen LogP contribution in [0.15, 0.2) is 118 Å². The molecule has 9 heteroatoms. The number of para-hydroxylation sites is 1. The molecule has 1 unspecified atom stereocenters. The zero-order valence-corrected chi connectivity index (χ0v) is 19.5. The summed E-state index contributed by atoms with van der Waals surface area (Å²) >= 11 is 0. The fourth-order valence-electron chi connectivity index (χ4n) is 4.25. The Morgan fingerprint density at radius 3 is 2.14 bits per heavy atom. The van der Waals surface area contributed by atoms with E-state index in [0.29, 0.717) is 16.0 Å². The summed E-state index contributed by atoms with van der Waals surface area (Å²) in [6, 6.07) is 23.7. The Morgan fingerprint density at radius 2 is 1.46 bits per heavy atom. The van der Waals surface area contributed by atoms with Crippen molar-refractivity contribution in [3.63, 3.8) is 0 Å². The summed E-state index contributed by atoms with van der Waals surface area (Å²) in [6.07, 6.45) is 5.20. The number of nitrogens with zero attached hydrogens (tertiary/aromatic N) is 4. The third-order valence-corrected chi connectivity index (χ3v) is 7.63. The van der Waals surface area contributed by atoms with Gasteiger partial charge < -0.3 is 4.57 Å². The van der Waals surface area contributed by atoms with Crippen LogP contribution >= 0.6 is 0 Å². The molecule has 0 saturated carbocycles. The van der Waals surface area contributed by atoms with Crippen LogP contribution in [0.5, 0.6) is 0 Å². The highest BCUT2D eigenvalue weighted by Gasteiger charge is 2.26. The maximum absolute atomic E-state index is 13.7. The minimum atomic E-state index is -4.41. The number of aromatic nitrogens is 4. The smallest absolute Gasteiger partial charge is 0.337 e. The molecule has 35 heavy (non-hydrogen) atoms. The average Bonchev–Trinajstić information content (AvgIpc) is 3.40. The van der Waals surface area contributed by atoms with Gasteiger partial charge in [0.2, 0.25) is 0 Å². The van der Waals surface area contributed by atoms with Gasteiger partial charge in [-0.15, -0.1) is 3.97 Å². The van der Waals surface area contributed by atoms with Crippen LogP contribution in [0.1, 0.15) is 11.5 Å². The van der Waals surface area contributed by atoms with E-state index in [1.54, 1.807) is 48.9 Å². The lowest BCUT2D eigenvalue weighted by Gasteiger charge is -2.21. The first-order chi connectivity index (χ1) is 17.0. The van der Waals surface area contributed by atoms with Crippen molar-refractivity contribution in [3.8, 4) is 0 Å². The van der Waals surface area contributed by atoms with E-state index in [1.807, 2.05) is 41.1 Å². The molecule has 1 atom stereocenters. The van der Waals surface area contributed by atoms with Gasteiger partial charge in [-0.1, -0.05) is 60.7 Å². The van der Waals surface area contributed by atoms with Crippen molar-refractivity contribution in [2.45, 2.75) is 23.9 Å². The zero-order chi connectivity index (χ0) is 24.4. The molecule has 0 bridgehead atoms. The van der Waals surface area contributed by atoms with Crippen LogP contribution in [-0.4, -0.2) is 26.5 Å². The Labute approximate surface area is 201 Å². The molecule has 2 aromatic heterocycles. The Bertz CT molecular complexity index is 1690. The Kier molecular flexibility index (Phi) is 5.92. The topological polar surface area (TPSA) is 96.0 Å². The molecule has 0 spiro atoms. The van der Waals surface area contributed by atoms with Crippen LogP contribution < -0.4 is 11.2 Å². The van der Waals surface area contributed by atoms with E-state index in [2.05, 4.69) is 4.98 Å². The minimum absolute atomic E-state index is 0.126. The first kappa shape index (κ1) is 22.5. The number of hydrogen-bond donors (Lipinski definition) is 0. The second-order valence-corrected chi connectivity index (χ2v) is 9.95. The highest BCUT2D eigenvalue weighted by atomic mass is 32.2. The van der Waals surface area contributed by atoms with Gasteiger partial charge in [0.25, 0.3) is 15.6 Å². The minimum Gasteiger partial charge on any atom is -0.337 e. The average molecular weight is 487 g/mol. The molecule has 3 aromatic carbocycles. The van der Waals surface area contributed by atoms with Crippen molar-refractivity contribution >= 4 is 20.9 Å². The predicted molar refractivity (Wildman–Crippen MR) is 133 cm³/mol. The summed E-state index contributed by atoms with van der Waals surface area (Å²) in [7, 11) is -4.41. The third kappa shape index (κ3) is 4.22. The van der Waals surface area contributed by atoms with Crippen LogP contribution in [0, 0.1) is 0 Å². The molecular formula is C26H22N4O4S. The lowest BCUT2D eigenvalue weighted by Crippen LogP contribution is -2.44. The quantitative estimate of drug-likeness (QED) is 0.352. The van der Waals surface area contributed by atoms with Gasteiger partial charge in [-0.3, -0.25) is 9.36 Å². The standard InChI is InChI=1S/C26H22N4O4S/c31-25-23-13-7-8-14-24(23)29(26(32)30(25)35(33,34)22-11-5-2-6-12-22)18-21(17-28-16-15-27-19-28)20-9-3-1-4-10-20/h1-16,19,21H,17-18H2. The highest BCUT2D eigenvalue weighted by molar-refractivity contribution is 7.90. The summed E-state index contributed by atoms with van der Waals surface area (Å²) in [4.78, 5) is 31.0. The first-order valence-electron chi connectivity index (χ1n) is 11.0. The van der Waals surface area contributed by atoms with E-state index >= 15 is 0 Å². The summed E-state index contributed by atoms with van der Waals surface area (Å²) < 4.78 is 30.5. The second-order valence-electron chi connectivity index (χ2n) is 8.17. The van der Waals surface area contributed by atoms with Crippen molar-refractivity contribution < 1.29 is 8.42 Å². The molecule has 5 rings (SSSR count). The van der Waals surface area contributed by atoms with Crippen LogP contribution in [0.25, 0.3) is 10.9 Å². The molecule has 5 aromatic rings. The second kappa shape index (κ2) is 9.19. The first-order valence-corrected chi connectivity index (χ1v) is 12.5. The van der Waals surface area contributed by atoms with E-state index in [1.165, 1.54) is 22.8 Å². The van der Waals surface area contributed by atoms with Gasteiger partial charge in [0, 0.05) is 31.4 Å². The van der Waals surface area contributed by atoms with Crippen LogP contribution in [-0.2, 0) is 23.1 Å². The van der Waals surface area contributed by atoms with Crippen LogP contribution in [0.3, 0.4) is 0 Å². The van der Waals surface area contributed by atoms with Gasteiger partial charge in [-0.2, -0.15) is 0 Å². The lowest BCUT2D eigenvalue weighted by molar-refractivity contribution is 0.478. The monoisotopic (exact) mass is 486 g/mol. The van der Waals surface area contributed by atoms with Gasteiger partial charge >= 0.3 is 5.69 Å². The Hall–Kier alpha value is -4.24. The molecule has 0 aliphatic rings. The summed E-state index contributed by atoms with van der Waals surface area (Å²) in [6.45, 7) is 0.668. The van der Waals surface area contributed by atoms with E-state index in [4.69, 9.17) is 0 Å². The summed E-state index contributed by atoms with van der Waals surface area (Å²) in [5.41, 5.74) is -0.407. The summed E-state index contributed by atoms with van der Waals surface area (Å²) in [5, 5.41) is 0.154. The fraction of sp³-hybridized carbons (Fsp3) is 0.115. The molecule has 0 fully saturated rings. The molecule has 176 valence electrons. The largest absolute Gasteiger partial charge is 0.345 e. The highest BCUT2D eigenvalue weighted by Crippen LogP contribution is 2.22. The molecular weight excluding hydrogens is 464 g/mol. The summed E-state index contributed by atoms with van der Waals surface area (Å²) in [5.74, 6) is -0.197. The number of fused-ring (bicyclic) bond motifs is 1. The normalized spacial score (nSPS) is 12.6. The van der Waals surface area contributed by atoms with Gasteiger partial charge in [0.15, 0.2) is 0 Å². The van der Waals surface area contributed by atoms with Gasteiger partial charge in [-0.25, -0.2) is 18.2 Å². The molecule has 0 saturated heterocycles. The zero-order valence-electron chi connectivity index (χ0n) is 18.6. The van der Waals surface area contributed by atoms with Gasteiger partial charge in [0.1, 0.15) is 0 Å². The van der Waals surface area contributed by atoms with Crippen molar-refractivity contribution in [2.75, 3.05) is 0 Å². The van der Waals surface area contributed by atoms with Crippen LogP contribution in [0.2, 0.25) is 0 Å². The molecule has 0 N–H and O–H groups in total. The lowest BCUT2D eigenvalue weighted by atomic mass is 9.98.